The normalized spacial score (nSPS) is 13.0. The number of aryl methyl sites for hydroxylation is 1. The second kappa shape index (κ2) is 9.00. The molecule has 0 aromatic heterocycles. The molecule has 2 heteroatoms. The van der Waals surface area contributed by atoms with Gasteiger partial charge in [-0.15, -0.1) is 0 Å². The predicted molar refractivity (Wildman–Crippen MR) is 105 cm³/mol. The van der Waals surface area contributed by atoms with Gasteiger partial charge in [0.2, 0.25) is 0 Å². The second-order valence-corrected chi connectivity index (χ2v) is 6.44. The smallest absolute Gasteiger partial charge is 0.124 e. The summed E-state index contributed by atoms with van der Waals surface area (Å²) in [5, 5.41) is 0. The van der Waals surface area contributed by atoms with Crippen LogP contribution in [0.2, 0.25) is 0 Å². The molecule has 2 unspecified atom stereocenters. The summed E-state index contributed by atoms with van der Waals surface area (Å²) < 4.78 is 6.25. The topological polar surface area (TPSA) is 26.3 Å². The number of aldehydes is 1. The summed E-state index contributed by atoms with van der Waals surface area (Å²) in [5.41, 5.74) is 3.31. The van der Waals surface area contributed by atoms with Crippen molar-refractivity contribution in [1.82, 2.24) is 0 Å². The van der Waals surface area contributed by atoms with Crippen LogP contribution in [0.3, 0.4) is 0 Å². The van der Waals surface area contributed by atoms with E-state index in [1.54, 1.807) is 0 Å². The van der Waals surface area contributed by atoms with Gasteiger partial charge in [-0.25, -0.2) is 0 Å². The molecule has 0 amide bonds. The summed E-state index contributed by atoms with van der Waals surface area (Å²) in [4.78, 5) is 11.7. The first-order valence-corrected chi connectivity index (χ1v) is 8.88. The molecule has 0 aliphatic heterocycles. The number of benzene rings is 3. The van der Waals surface area contributed by atoms with Crippen molar-refractivity contribution in [2.45, 2.75) is 19.4 Å². The number of carbonyl (C=O) groups is 1. The van der Waals surface area contributed by atoms with Gasteiger partial charge in [0.15, 0.2) is 0 Å². The lowest BCUT2D eigenvalue weighted by atomic mass is 9.92. The molecule has 3 rings (SSSR count). The van der Waals surface area contributed by atoms with Crippen LogP contribution in [0, 0.1) is 19.3 Å². The van der Waals surface area contributed by atoms with E-state index in [0.29, 0.717) is 6.42 Å². The van der Waals surface area contributed by atoms with Crippen LogP contribution in [0.25, 0.3) is 0 Å². The van der Waals surface area contributed by atoms with Crippen molar-refractivity contribution in [2.24, 2.45) is 5.92 Å². The van der Waals surface area contributed by atoms with E-state index in [1.165, 1.54) is 5.56 Å². The molecule has 1 radical (unpaired) electrons. The maximum absolute atomic E-state index is 11.7. The van der Waals surface area contributed by atoms with Crippen LogP contribution in [0.4, 0.5) is 0 Å². The van der Waals surface area contributed by atoms with E-state index in [4.69, 9.17) is 4.74 Å². The Bertz CT molecular complexity index is 795. The predicted octanol–water partition coefficient (Wildman–Crippen LogP) is 5.57. The zero-order valence-electron chi connectivity index (χ0n) is 14.9. The highest BCUT2D eigenvalue weighted by atomic mass is 16.5. The van der Waals surface area contributed by atoms with Gasteiger partial charge < -0.3 is 9.53 Å². The van der Waals surface area contributed by atoms with Gasteiger partial charge in [0, 0.05) is 12.3 Å². The molecule has 131 valence electrons. The lowest BCUT2D eigenvalue weighted by Gasteiger charge is -2.22. The fourth-order valence-corrected chi connectivity index (χ4v) is 2.92. The van der Waals surface area contributed by atoms with Crippen LogP contribution in [0.5, 0.6) is 5.75 Å². The fourth-order valence-electron chi connectivity index (χ4n) is 2.92. The van der Waals surface area contributed by atoms with E-state index >= 15 is 0 Å². The van der Waals surface area contributed by atoms with Gasteiger partial charge in [-0.2, -0.15) is 0 Å². The van der Waals surface area contributed by atoms with Gasteiger partial charge in [0.1, 0.15) is 18.1 Å². The van der Waals surface area contributed by atoms with Crippen molar-refractivity contribution in [3.8, 4) is 5.75 Å². The van der Waals surface area contributed by atoms with Gasteiger partial charge in [-0.1, -0.05) is 78.4 Å². The minimum atomic E-state index is -0.215. The molecule has 0 aliphatic carbocycles. The molecular weight excluding hydrogens is 320 g/mol. The Kier molecular flexibility index (Phi) is 6.21. The molecule has 26 heavy (non-hydrogen) atoms. The third-order valence-electron chi connectivity index (χ3n) is 4.34. The van der Waals surface area contributed by atoms with Gasteiger partial charge in [-0.3, -0.25) is 0 Å². The minimum absolute atomic E-state index is 0.186. The first-order valence-electron chi connectivity index (χ1n) is 8.88. The molecule has 0 fully saturated rings. The zero-order chi connectivity index (χ0) is 18.2. The summed E-state index contributed by atoms with van der Waals surface area (Å²) in [6.45, 7) is 2.05. The number of hydrogen-bond donors (Lipinski definition) is 0. The highest BCUT2D eigenvalue weighted by molar-refractivity contribution is 5.58. The van der Waals surface area contributed by atoms with Crippen molar-refractivity contribution in [1.29, 1.82) is 0 Å². The van der Waals surface area contributed by atoms with Gasteiger partial charge >= 0.3 is 0 Å². The SMILES string of the molecule is Cc1ccc(OC(CC([CH]c2ccccc2)C=O)c2ccccc2)cc1. The minimum Gasteiger partial charge on any atom is -0.486 e. The van der Waals surface area contributed by atoms with Gasteiger partial charge in [0.25, 0.3) is 0 Å². The van der Waals surface area contributed by atoms with Crippen molar-refractivity contribution in [3.05, 3.63) is 108 Å². The lowest BCUT2D eigenvalue weighted by Crippen LogP contribution is -2.15. The number of rotatable bonds is 8. The summed E-state index contributed by atoms with van der Waals surface area (Å²) in [6, 6.07) is 28.0. The van der Waals surface area contributed by atoms with Crippen LogP contribution in [0.1, 0.15) is 29.2 Å². The van der Waals surface area contributed by atoms with E-state index in [2.05, 4.69) is 6.92 Å². The molecule has 0 N–H and O–H groups in total. The van der Waals surface area contributed by atoms with Crippen molar-refractivity contribution >= 4 is 6.29 Å². The molecular formula is C24H23O2. The summed E-state index contributed by atoms with van der Waals surface area (Å²) in [6.07, 6.45) is 3.41. The van der Waals surface area contributed by atoms with Crippen molar-refractivity contribution < 1.29 is 9.53 Å². The maximum atomic E-state index is 11.7. The largest absolute Gasteiger partial charge is 0.486 e. The Labute approximate surface area is 155 Å². The summed E-state index contributed by atoms with van der Waals surface area (Å²) >= 11 is 0. The number of carbonyl (C=O) groups excluding carboxylic acids is 1. The highest BCUT2D eigenvalue weighted by Gasteiger charge is 2.20. The fraction of sp³-hybridized carbons (Fsp3) is 0.167. The molecule has 3 aromatic rings. The van der Waals surface area contributed by atoms with E-state index in [-0.39, 0.29) is 12.0 Å². The number of hydrogen-bond acceptors (Lipinski definition) is 2. The highest BCUT2D eigenvalue weighted by Crippen LogP contribution is 2.29. The average Bonchev–Trinajstić information content (AvgIpc) is 2.70. The van der Waals surface area contributed by atoms with E-state index in [1.807, 2.05) is 91.3 Å². The van der Waals surface area contributed by atoms with E-state index < -0.39 is 0 Å². The quantitative estimate of drug-likeness (QED) is 0.500. The van der Waals surface area contributed by atoms with Crippen LogP contribution < -0.4 is 4.74 Å². The van der Waals surface area contributed by atoms with E-state index in [9.17, 15) is 4.79 Å². The first-order chi connectivity index (χ1) is 12.7. The standard InChI is InChI=1S/C24H23O2/c1-19-12-14-23(15-13-19)26-24(22-10-6-3-7-11-22)17-21(18-25)16-20-8-4-2-5-9-20/h2-16,18,21,24H,17H2,1H3. The first kappa shape index (κ1) is 17.9. The number of ether oxygens (including phenoxy) is 1. The molecule has 0 heterocycles. The Morgan fingerprint density at radius 3 is 2.08 bits per heavy atom. The molecule has 0 saturated carbocycles. The zero-order valence-corrected chi connectivity index (χ0v) is 14.9. The molecule has 3 aromatic carbocycles. The van der Waals surface area contributed by atoms with Crippen LogP contribution in [-0.4, -0.2) is 6.29 Å². The summed E-state index contributed by atoms with van der Waals surface area (Å²) in [7, 11) is 0. The molecule has 0 spiro atoms. The lowest BCUT2D eigenvalue weighted by molar-refractivity contribution is -0.110. The molecule has 0 bridgehead atoms. The van der Waals surface area contributed by atoms with Crippen molar-refractivity contribution in [3.63, 3.8) is 0 Å². The maximum Gasteiger partial charge on any atom is 0.124 e. The summed E-state index contributed by atoms with van der Waals surface area (Å²) in [5.74, 6) is 0.599. The van der Waals surface area contributed by atoms with Crippen LogP contribution >= 0.6 is 0 Å². The van der Waals surface area contributed by atoms with Gasteiger partial charge in [0.05, 0.1) is 0 Å². The molecule has 2 atom stereocenters. The average molecular weight is 343 g/mol. The Hall–Kier alpha value is -2.87. The van der Waals surface area contributed by atoms with E-state index in [0.717, 1.165) is 23.2 Å². The van der Waals surface area contributed by atoms with Crippen LogP contribution in [-0.2, 0) is 4.79 Å². The Morgan fingerprint density at radius 1 is 0.846 bits per heavy atom. The molecule has 2 nitrogen and oxygen atoms in total. The molecule has 0 aliphatic rings. The third kappa shape index (κ3) is 5.06. The van der Waals surface area contributed by atoms with Crippen molar-refractivity contribution in [2.75, 3.05) is 0 Å². The second-order valence-electron chi connectivity index (χ2n) is 6.44. The third-order valence-corrected chi connectivity index (χ3v) is 4.34. The molecule has 0 saturated heterocycles. The monoisotopic (exact) mass is 343 g/mol. The van der Waals surface area contributed by atoms with Gasteiger partial charge in [-0.05, 0) is 36.6 Å². The van der Waals surface area contributed by atoms with Crippen LogP contribution in [0.15, 0.2) is 84.9 Å². The Balaban J connectivity index is 1.78. The Morgan fingerprint density at radius 2 is 1.46 bits per heavy atom.